The van der Waals surface area contributed by atoms with Gasteiger partial charge in [-0.3, -0.25) is 0 Å². The lowest BCUT2D eigenvalue weighted by Crippen LogP contribution is -1.97. The van der Waals surface area contributed by atoms with Crippen molar-refractivity contribution in [3.63, 3.8) is 0 Å². The molecule has 2 rings (SSSR count). The number of benzene rings is 2. The lowest BCUT2D eigenvalue weighted by molar-refractivity contribution is 0.0697. The highest BCUT2D eigenvalue weighted by molar-refractivity contribution is 5.90. The molecule has 90 valence electrons. The van der Waals surface area contributed by atoms with Gasteiger partial charge in [0, 0.05) is 5.56 Å². The third-order valence-corrected chi connectivity index (χ3v) is 2.71. The van der Waals surface area contributed by atoms with Crippen molar-refractivity contribution in [3.8, 4) is 23.3 Å². The number of hydrogen-bond donors (Lipinski definition) is 1. The average molecular weight is 248 g/mol. The van der Waals surface area contributed by atoms with Crippen molar-refractivity contribution < 1.29 is 9.90 Å². The molecule has 0 fully saturated rings. The fourth-order valence-corrected chi connectivity index (χ4v) is 1.74. The largest absolute Gasteiger partial charge is 0.478 e. The molecule has 2 aromatic rings. The van der Waals surface area contributed by atoms with Gasteiger partial charge in [-0.2, -0.15) is 10.5 Å². The van der Waals surface area contributed by atoms with E-state index >= 15 is 0 Å². The number of hydrogen-bond acceptors (Lipinski definition) is 3. The van der Waals surface area contributed by atoms with Gasteiger partial charge in [0.25, 0.3) is 0 Å². The molecule has 0 radical (unpaired) electrons. The van der Waals surface area contributed by atoms with Crippen LogP contribution >= 0.6 is 0 Å². The maximum atomic E-state index is 11.0. The number of carbonyl (C=O) groups is 1. The molecule has 2 aromatic carbocycles. The van der Waals surface area contributed by atoms with E-state index < -0.39 is 5.97 Å². The van der Waals surface area contributed by atoms with Crippen LogP contribution in [-0.4, -0.2) is 11.1 Å². The van der Waals surface area contributed by atoms with Crippen molar-refractivity contribution in [1.29, 1.82) is 10.5 Å². The van der Waals surface area contributed by atoms with Crippen LogP contribution in [0.2, 0.25) is 0 Å². The van der Waals surface area contributed by atoms with E-state index in [1.54, 1.807) is 24.3 Å². The monoisotopic (exact) mass is 248 g/mol. The number of carboxylic acids is 1. The third kappa shape index (κ3) is 2.43. The predicted octanol–water partition coefficient (Wildman–Crippen LogP) is 2.80. The van der Waals surface area contributed by atoms with Gasteiger partial charge in [0.15, 0.2) is 0 Å². The van der Waals surface area contributed by atoms with Gasteiger partial charge < -0.3 is 5.11 Å². The Balaban J connectivity index is 2.59. The smallest absolute Gasteiger partial charge is 0.335 e. The molecule has 0 heterocycles. The summed E-state index contributed by atoms with van der Waals surface area (Å²) in [5.41, 5.74) is 2.29. The van der Waals surface area contributed by atoms with Gasteiger partial charge in [-0.1, -0.05) is 12.1 Å². The summed E-state index contributed by atoms with van der Waals surface area (Å²) in [5.74, 6) is -1.04. The molecule has 0 saturated carbocycles. The lowest BCUT2D eigenvalue weighted by atomic mass is 9.97. The van der Waals surface area contributed by atoms with E-state index in [-0.39, 0.29) is 5.56 Å². The van der Waals surface area contributed by atoms with Crippen LogP contribution in [0.5, 0.6) is 0 Å². The molecule has 0 amide bonds. The second-order valence-electron chi connectivity index (χ2n) is 3.87. The summed E-state index contributed by atoms with van der Waals surface area (Å²) in [4.78, 5) is 11.0. The zero-order valence-electron chi connectivity index (χ0n) is 9.79. The van der Waals surface area contributed by atoms with Crippen LogP contribution in [0, 0.1) is 22.7 Å². The summed E-state index contributed by atoms with van der Waals surface area (Å²) < 4.78 is 0. The van der Waals surface area contributed by atoms with Gasteiger partial charge in [-0.15, -0.1) is 0 Å². The van der Waals surface area contributed by atoms with E-state index in [2.05, 4.69) is 0 Å². The number of carboxylic acid groups (broad SMARTS) is 1. The van der Waals surface area contributed by atoms with Crippen LogP contribution in [0.3, 0.4) is 0 Å². The number of rotatable bonds is 2. The molecule has 0 spiro atoms. The minimum atomic E-state index is -1.04. The van der Waals surface area contributed by atoms with Crippen molar-refractivity contribution in [3.05, 3.63) is 59.2 Å². The third-order valence-electron chi connectivity index (χ3n) is 2.71. The highest BCUT2D eigenvalue weighted by atomic mass is 16.4. The van der Waals surface area contributed by atoms with Crippen LogP contribution in [0.15, 0.2) is 42.5 Å². The van der Waals surface area contributed by atoms with Gasteiger partial charge in [0.05, 0.1) is 28.8 Å². The summed E-state index contributed by atoms with van der Waals surface area (Å²) in [6.45, 7) is 0. The second-order valence-corrected chi connectivity index (χ2v) is 3.87. The standard InChI is InChI=1S/C15H8N2O2/c16-8-10-1-3-11(4-2-10)14-7-12(15(18)19)5-6-13(14)9-17/h1-7H,(H,18,19). The molecule has 0 atom stereocenters. The molecular formula is C15H8N2O2. The van der Waals surface area contributed by atoms with Crippen LogP contribution in [-0.2, 0) is 0 Å². The summed E-state index contributed by atoms with van der Waals surface area (Å²) in [7, 11) is 0. The normalized spacial score (nSPS) is 9.37. The molecule has 4 nitrogen and oxygen atoms in total. The van der Waals surface area contributed by atoms with Crippen LogP contribution in [0.4, 0.5) is 0 Å². The van der Waals surface area contributed by atoms with E-state index in [9.17, 15) is 4.79 Å². The second kappa shape index (κ2) is 5.03. The predicted molar refractivity (Wildman–Crippen MR) is 68.3 cm³/mol. The Labute approximate surface area is 109 Å². The molecule has 1 N–H and O–H groups in total. The summed E-state index contributed by atoms with van der Waals surface area (Å²) >= 11 is 0. The Morgan fingerprint density at radius 3 is 2.21 bits per heavy atom. The molecule has 0 unspecified atom stereocenters. The molecule has 0 aliphatic heterocycles. The van der Waals surface area contributed by atoms with E-state index in [0.717, 1.165) is 0 Å². The molecule has 19 heavy (non-hydrogen) atoms. The van der Waals surface area contributed by atoms with Crippen molar-refractivity contribution in [2.24, 2.45) is 0 Å². The molecular weight excluding hydrogens is 240 g/mol. The lowest BCUT2D eigenvalue weighted by Gasteiger charge is -2.05. The van der Waals surface area contributed by atoms with E-state index in [4.69, 9.17) is 15.6 Å². The zero-order chi connectivity index (χ0) is 13.8. The highest BCUT2D eigenvalue weighted by Gasteiger charge is 2.10. The molecule has 0 saturated heterocycles. The van der Waals surface area contributed by atoms with Crippen molar-refractivity contribution in [1.82, 2.24) is 0 Å². The first-order chi connectivity index (χ1) is 9.15. The molecule has 0 aliphatic rings. The summed E-state index contributed by atoms with van der Waals surface area (Å²) in [6, 6.07) is 15.0. The molecule has 0 bridgehead atoms. The fourth-order valence-electron chi connectivity index (χ4n) is 1.74. The van der Waals surface area contributed by atoms with E-state index in [0.29, 0.717) is 22.3 Å². The number of nitriles is 2. The maximum absolute atomic E-state index is 11.0. The average Bonchev–Trinajstić information content (AvgIpc) is 2.46. The Morgan fingerprint density at radius 2 is 1.68 bits per heavy atom. The SMILES string of the molecule is N#Cc1ccc(-c2cc(C(=O)O)ccc2C#N)cc1. The Kier molecular flexibility index (Phi) is 3.27. The maximum Gasteiger partial charge on any atom is 0.335 e. The minimum Gasteiger partial charge on any atom is -0.478 e. The molecule has 0 aromatic heterocycles. The van der Waals surface area contributed by atoms with Gasteiger partial charge in [0.1, 0.15) is 0 Å². The van der Waals surface area contributed by atoms with Crippen LogP contribution < -0.4 is 0 Å². The first kappa shape index (κ1) is 12.3. The summed E-state index contributed by atoms with van der Waals surface area (Å²) in [5, 5.41) is 26.8. The van der Waals surface area contributed by atoms with E-state index in [1.165, 1.54) is 18.2 Å². The quantitative estimate of drug-likeness (QED) is 0.885. The number of nitrogens with zero attached hydrogens (tertiary/aromatic N) is 2. The molecule has 0 aliphatic carbocycles. The summed E-state index contributed by atoms with van der Waals surface area (Å²) in [6.07, 6.45) is 0. The molecule has 4 heteroatoms. The first-order valence-corrected chi connectivity index (χ1v) is 5.43. The van der Waals surface area contributed by atoms with Crippen LogP contribution in [0.25, 0.3) is 11.1 Å². The Bertz CT molecular complexity index is 719. The van der Waals surface area contributed by atoms with Crippen molar-refractivity contribution in [2.75, 3.05) is 0 Å². The van der Waals surface area contributed by atoms with Gasteiger partial charge >= 0.3 is 5.97 Å². The van der Waals surface area contributed by atoms with Gasteiger partial charge in [-0.05, 0) is 35.9 Å². The minimum absolute atomic E-state index is 0.123. The fraction of sp³-hybridized carbons (Fsp3) is 0. The van der Waals surface area contributed by atoms with Crippen molar-refractivity contribution in [2.45, 2.75) is 0 Å². The van der Waals surface area contributed by atoms with Gasteiger partial charge in [0.2, 0.25) is 0 Å². The van der Waals surface area contributed by atoms with Gasteiger partial charge in [-0.25, -0.2) is 4.79 Å². The number of aromatic carboxylic acids is 1. The zero-order valence-corrected chi connectivity index (χ0v) is 9.79. The van der Waals surface area contributed by atoms with E-state index in [1.807, 2.05) is 12.1 Å². The Morgan fingerprint density at radius 1 is 1.00 bits per heavy atom. The van der Waals surface area contributed by atoms with Crippen molar-refractivity contribution >= 4 is 5.97 Å². The van der Waals surface area contributed by atoms with Crippen LogP contribution in [0.1, 0.15) is 21.5 Å². The first-order valence-electron chi connectivity index (χ1n) is 5.43. The highest BCUT2D eigenvalue weighted by Crippen LogP contribution is 2.25. The Hall–Kier alpha value is -3.11. The topological polar surface area (TPSA) is 84.9 Å².